The summed E-state index contributed by atoms with van der Waals surface area (Å²) in [7, 11) is -3.20. The second-order valence-electron chi connectivity index (χ2n) is 6.84. The zero-order valence-corrected chi connectivity index (χ0v) is 15.7. The summed E-state index contributed by atoms with van der Waals surface area (Å²) in [4.78, 5) is 2.46. The quantitative estimate of drug-likeness (QED) is 0.853. The van der Waals surface area contributed by atoms with E-state index >= 15 is 0 Å². The highest BCUT2D eigenvalue weighted by Gasteiger charge is 2.19. The molecule has 25 heavy (non-hydrogen) atoms. The lowest BCUT2D eigenvalue weighted by atomic mass is 10.0. The van der Waals surface area contributed by atoms with Crippen molar-refractivity contribution in [2.75, 3.05) is 19.3 Å². The second kappa shape index (κ2) is 7.68. The fourth-order valence-corrected chi connectivity index (χ4v) is 3.72. The van der Waals surface area contributed by atoms with Crippen molar-refractivity contribution in [3.8, 4) is 0 Å². The Bertz CT molecular complexity index is 802. The van der Waals surface area contributed by atoms with Crippen LogP contribution in [-0.2, 0) is 29.7 Å². The van der Waals surface area contributed by atoms with Gasteiger partial charge in [-0.1, -0.05) is 37.3 Å². The zero-order valence-electron chi connectivity index (χ0n) is 14.9. The third-order valence-electron chi connectivity index (χ3n) is 4.56. The van der Waals surface area contributed by atoms with Crippen LogP contribution < -0.4 is 4.72 Å². The van der Waals surface area contributed by atoms with Crippen molar-refractivity contribution in [1.29, 1.82) is 0 Å². The van der Waals surface area contributed by atoms with Crippen LogP contribution in [0.1, 0.15) is 36.2 Å². The Morgan fingerprint density at radius 2 is 2.00 bits per heavy atom. The number of rotatable bonds is 6. The summed E-state index contributed by atoms with van der Waals surface area (Å²) in [5.74, 6) is 0.474. The van der Waals surface area contributed by atoms with Crippen molar-refractivity contribution in [2.45, 2.75) is 38.9 Å². The first-order valence-corrected chi connectivity index (χ1v) is 10.6. The van der Waals surface area contributed by atoms with Gasteiger partial charge in [0.15, 0.2) is 0 Å². The molecule has 2 heterocycles. The number of aromatic nitrogens is 2. The number of aryl methyl sites for hydroxylation is 1. The van der Waals surface area contributed by atoms with Gasteiger partial charge in [0.1, 0.15) is 0 Å². The molecule has 1 N–H and O–H groups in total. The fraction of sp³-hybridized carbons (Fsp3) is 0.500. The summed E-state index contributed by atoms with van der Waals surface area (Å²) in [6.07, 6.45) is 2.22. The molecule has 136 valence electrons. The predicted octanol–water partition coefficient (Wildman–Crippen LogP) is 1.94. The van der Waals surface area contributed by atoms with Crippen molar-refractivity contribution < 1.29 is 8.42 Å². The van der Waals surface area contributed by atoms with Gasteiger partial charge in [0.2, 0.25) is 10.0 Å². The Labute approximate surface area is 149 Å². The fourth-order valence-electron chi connectivity index (χ4n) is 3.31. The molecular formula is C18H26N4O2S. The Balaban J connectivity index is 1.65. The highest BCUT2D eigenvalue weighted by molar-refractivity contribution is 7.88. The topological polar surface area (TPSA) is 67.2 Å². The lowest BCUT2D eigenvalue weighted by Gasteiger charge is -2.24. The first-order chi connectivity index (χ1) is 11.9. The molecule has 2 aromatic rings. The van der Waals surface area contributed by atoms with Crippen LogP contribution in [0.5, 0.6) is 0 Å². The molecule has 0 bridgehead atoms. The molecule has 1 aliphatic heterocycles. The highest BCUT2D eigenvalue weighted by atomic mass is 32.2. The summed E-state index contributed by atoms with van der Waals surface area (Å²) < 4.78 is 27.0. The molecule has 1 aromatic carbocycles. The van der Waals surface area contributed by atoms with Crippen molar-refractivity contribution in [2.24, 2.45) is 0 Å². The van der Waals surface area contributed by atoms with E-state index in [1.165, 1.54) is 11.8 Å². The van der Waals surface area contributed by atoms with Crippen molar-refractivity contribution in [1.82, 2.24) is 19.4 Å². The van der Waals surface area contributed by atoms with Crippen LogP contribution in [0.25, 0.3) is 0 Å². The van der Waals surface area contributed by atoms with Crippen LogP contribution in [0.4, 0.5) is 0 Å². The van der Waals surface area contributed by atoms with Crippen LogP contribution in [0, 0.1) is 0 Å². The van der Waals surface area contributed by atoms with Gasteiger partial charge in [-0.2, -0.15) is 5.10 Å². The van der Waals surface area contributed by atoms with Gasteiger partial charge in [-0.25, -0.2) is 13.1 Å². The third-order valence-corrected chi connectivity index (χ3v) is 5.23. The van der Waals surface area contributed by atoms with Gasteiger partial charge in [0.05, 0.1) is 24.2 Å². The Morgan fingerprint density at radius 1 is 1.24 bits per heavy atom. The van der Waals surface area contributed by atoms with E-state index in [1.54, 1.807) is 0 Å². The molecule has 0 aliphatic carbocycles. The van der Waals surface area contributed by atoms with E-state index in [0.29, 0.717) is 5.92 Å². The summed E-state index contributed by atoms with van der Waals surface area (Å²) >= 11 is 0. The maximum atomic E-state index is 11.3. The molecule has 0 spiro atoms. The van der Waals surface area contributed by atoms with E-state index in [1.807, 2.05) is 16.8 Å². The molecule has 0 unspecified atom stereocenters. The maximum Gasteiger partial charge on any atom is 0.209 e. The maximum absolute atomic E-state index is 11.3. The molecule has 0 saturated carbocycles. The average Bonchev–Trinajstić information content (AvgIpc) is 2.85. The van der Waals surface area contributed by atoms with Gasteiger partial charge in [-0.05, 0) is 24.0 Å². The minimum Gasteiger partial charge on any atom is -0.297 e. The van der Waals surface area contributed by atoms with Crippen molar-refractivity contribution in [3.05, 3.63) is 53.3 Å². The molecular weight excluding hydrogens is 336 g/mol. The molecule has 0 saturated heterocycles. The Kier molecular flexibility index (Phi) is 5.56. The minimum absolute atomic E-state index is 0.249. The molecule has 0 amide bonds. The van der Waals surface area contributed by atoms with Gasteiger partial charge >= 0.3 is 0 Å². The van der Waals surface area contributed by atoms with Crippen LogP contribution in [0.3, 0.4) is 0 Å². The number of sulfonamides is 1. The van der Waals surface area contributed by atoms with E-state index in [2.05, 4.69) is 45.9 Å². The van der Waals surface area contributed by atoms with Crippen LogP contribution in [-0.4, -0.2) is 42.4 Å². The van der Waals surface area contributed by atoms with E-state index in [9.17, 15) is 8.42 Å². The summed E-state index contributed by atoms with van der Waals surface area (Å²) in [6.45, 7) is 6.30. The zero-order chi connectivity index (χ0) is 17.9. The molecule has 1 aromatic heterocycles. The van der Waals surface area contributed by atoms with Gasteiger partial charge < -0.3 is 0 Å². The molecule has 1 aliphatic rings. The highest BCUT2D eigenvalue weighted by Crippen LogP contribution is 2.20. The van der Waals surface area contributed by atoms with E-state index in [-0.39, 0.29) is 6.54 Å². The van der Waals surface area contributed by atoms with Crippen LogP contribution >= 0.6 is 0 Å². The van der Waals surface area contributed by atoms with Crippen molar-refractivity contribution >= 4 is 10.0 Å². The standard InChI is InChI=1S/C18H26N4O2S/c1-15(16-7-4-3-5-8-16)13-21-9-6-10-22-18(14-21)11-17(20-22)12-19-25(2,23)24/h3-5,7-8,11,15,19H,6,9-10,12-14H2,1-2H3/t15-/m1/s1. The van der Waals surface area contributed by atoms with Crippen LogP contribution in [0.2, 0.25) is 0 Å². The first kappa shape index (κ1) is 18.1. The SMILES string of the molecule is C[C@H](CN1CCCn2nc(CNS(C)(=O)=O)cc2C1)c1ccccc1. The normalized spacial score (nSPS) is 17.0. The lowest BCUT2D eigenvalue weighted by Crippen LogP contribution is -2.27. The predicted molar refractivity (Wildman–Crippen MR) is 98.7 cm³/mol. The van der Waals surface area contributed by atoms with Crippen molar-refractivity contribution in [3.63, 3.8) is 0 Å². The molecule has 6 nitrogen and oxygen atoms in total. The summed E-state index contributed by atoms with van der Waals surface area (Å²) in [5.41, 5.74) is 3.29. The molecule has 0 fully saturated rings. The van der Waals surface area contributed by atoms with E-state index in [0.717, 1.165) is 44.0 Å². The Hall–Kier alpha value is -1.70. The average molecular weight is 362 g/mol. The van der Waals surface area contributed by atoms with E-state index < -0.39 is 10.0 Å². The summed E-state index contributed by atoms with van der Waals surface area (Å²) in [6, 6.07) is 12.6. The smallest absolute Gasteiger partial charge is 0.209 e. The van der Waals surface area contributed by atoms with Gasteiger partial charge in [0.25, 0.3) is 0 Å². The number of benzene rings is 1. The Morgan fingerprint density at radius 3 is 2.72 bits per heavy atom. The molecule has 3 rings (SSSR count). The number of hydrogen-bond acceptors (Lipinski definition) is 4. The molecule has 1 atom stereocenters. The van der Waals surface area contributed by atoms with Gasteiger partial charge in [0, 0.05) is 26.2 Å². The van der Waals surface area contributed by atoms with E-state index in [4.69, 9.17) is 0 Å². The number of nitrogens with one attached hydrogen (secondary N) is 1. The number of fused-ring (bicyclic) bond motifs is 1. The number of hydrogen-bond donors (Lipinski definition) is 1. The molecule has 7 heteroatoms. The third kappa shape index (κ3) is 5.14. The lowest BCUT2D eigenvalue weighted by molar-refractivity contribution is 0.256. The number of nitrogens with zero attached hydrogens (tertiary/aromatic N) is 3. The summed E-state index contributed by atoms with van der Waals surface area (Å²) in [5, 5.41) is 4.55. The van der Waals surface area contributed by atoms with Gasteiger partial charge in [-0.3, -0.25) is 9.58 Å². The second-order valence-corrected chi connectivity index (χ2v) is 8.68. The minimum atomic E-state index is -3.20. The van der Waals surface area contributed by atoms with Crippen LogP contribution in [0.15, 0.2) is 36.4 Å². The molecule has 0 radical (unpaired) electrons. The van der Waals surface area contributed by atoms with Gasteiger partial charge in [-0.15, -0.1) is 0 Å². The first-order valence-electron chi connectivity index (χ1n) is 8.68. The largest absolute Gasteiger partial charge is 0.297 e. The monoisotopic (exact) mass is 362 g/mol.